The minimum absolute atomic E-state index is 0.0113. The van der Waals surface area contributed by atoms with E-state index in [1.165, 1.54) is 18.2 Å². The third-order valence-corrected chi connectivity index (χ3v) is 10.9. The summed E-state index contributed by atoms with van der Waals surface area (Å²) in [6.45, 7) is 7.97. The summed E-state index contributed by atoms with van der Waals surface area (Å²) in [5.74, 6) is -1.89. The third kappa shape index (κ3) is 2.62. The van der Waals surface area contributed by atoms with Gasteiger partial charge in [0, 0.05) is 29.2 Å². The highest BCUT2D eigenvalue weighted by Gasteiger charge is 2.79. The van der Waals surface area contributed by atoms with E-state index in [2.05, 4.69) is 6.92 Å². The van der Waals surface area contributed by atoms with Gasteiger partial charge in [0.15, 0.2) is 22.8 Å². The standard InChI is InChI=1S/C27H35F2NO5/c1-5-21-14(2)34-13-23(33)27-15(12-30(21)35-27)8-17-18-10-20(28)19-9-16(31)6-7-24(19,3)26(18,29)22(32)11-25(17,27)4/h6-7,9,14-15,17-18,20-22,32H,5,8,10-13H2,1-4H3/t14?,15-,17-,18-,20-,21?,22-,24-,25-,26-,27-/m0/s1. The minimum Gasteiger partial charge on any atom is -0.390 e. The monoisotopic (exact) mass is 491 g/mol. The highest BCUT2D eigenvalue weighted by Crippen LogP contribution is 2.73. The molecule has 0 aromatic carbocycles. The molecular formula is C27H35F2NO5. The van der Waals surface area contributed by atoms with Crippen LogP contribution >= 0.6 is 0 Å². The van der Waals surface area contributed by atoms with Crippen molar-refractivity contribution in [2.24, 2.45) is 28.6 Å². The lowest BCUT2D eigenvalue weighted by atomic mass is 9.44. The number of Topliss-reactive ketones (excluding diaryl/α,β-unsaturated/α-hetero) is 1. The fourth-order valence-electron chi connectivity index (χ4n) is 9.17. The maximum absolute atomic E-state index is 17.4. The number of hydrogen-bond acceptors (Lipinski definition) is 6. The molecule has 2 heterocycles. The van der Waals surface area contributed by atoms with Gasteiger partial charge in [-0.3, -0.25) is 14.4 Å². The summed E-state index contributed by atoms with van der Waals surface area (Å²) in [5, 5.41) is 13.4. The minimum atomic E-state index is -2.15. The number of aliphatic hydroxyl groups excluding tert-OH is 1. The number of carbonyl (C=O) groups is 2. The fourth-order valence-corrected chi connectivity index (χ4v) is 9.17. The number of alkyl halides is 2. The van der Waals surface area contributed by atoms with Gasteiger partial charge >= 0.3 is 0 Å². The fraction of sp³-hybridized carbons (Fsp3) is 0.778. The first-order valence-corrected chi connectivity index (χ1v) is 13.0. The SMILES string of the molecule is CCC1C(C)OCC(=O)[C@@]23ON1C[C@@H]2C[C@H]1[C@@H]2C[C@H](F)C4=CC(=O)C=C[C@]4(C)[C@@]2(F)[C@@H](O)C[C@@]13C. The van der Waals surface area contributed by atoms with Gasteiger partial charge in [-0.05, 0) is 63.2 Å². The van der Waals surface area contributed by atoms with Crippen LogP contribution < -0.4 is 0 Å². The predicted octanol–water partition coefficient (Wildman–Crippen LogP) is 3.28. The molecule has 0 aromatic heterocycles. The zero-order valence-corrected chi connectivity index (χ0v) is 20.8. The van der Waals surface area contributed by atoms with Crippen molar-refractivity contribution in [3.05, 3.63) is 23.8 Å². The van der Waals surface area contributed by atoms with Crippen LogP contribution in [0.3, 0.4) is 0 Å². The summed E-state index contributed by atoms with van der Waals surface area (Å²) in [6, 6.07) is -0.0113. The Morgan fingerprint density at radius 1 is 1.23 bits per heavy atom. The zero-order chi connectivity index (χ0) is 25.1. The average Bonchev–Trinajstić information content (AvgIpc) is 3.30. The first-order chi connectivity index (χ1) is 16.4. The second-order valence-electron chi connectivity index (χ2n) is 12.1. The van der Waals surface area contributed by atoms with E-state index >= 15 is 8.78 Å². The van der Waals surface area contributed by atoms with Gasteiger partial charge in [0.05, 0.1) is 18.2 Å². The Balaban J connectivity index is 1.45. The van der Waals surface area contributed by atoms with Gasteiger partial charge in [-0.15, -0.1) is 0 Å². The average molecular weight is 492 g/mol. The summed E-state index contributed by atoms with van der Waals surface area (Å²) in [7, 11) is 0. The Morgan fingerprint density at radius 2 is 1.97 bits per heavy atom. The molecule has 1 spiro atoms. The molecule has 3 unspecified atom stereocenters. The molecular weight excluding hydrogens is 456 g/mol. The Labute approximate surface area is 204 Å². The molecule has 12 atom stereocenters. The van der Waals surface area contributed by atoms with Gasteiger partial charge in [-0.25, -0.2) is 8.78 Å². The van der Waals surface area contributed by atoms with E-state index in [-0.39, 0.29) is 60.6 Å². The summed E-state index contributed by atoms with van der Waals surface area (Å²) < 4.78 is 39.0. The van der Waals surface area contributed by atoms with Crippen LogP contribution in [0.4, 0.5) is 8.78 Å². The van der Waals surface area contributed by atoms with Crippen LogP contribution in [-0.4, -0.2) is 70.6 Å². The number of fused-ring (bicyclic) bond motifs is 6. The van der Waals surface area contributed by atoms with Crippen LogP contribution in [-0.2, 0) is 19.2 Å². The lowest BCUT2D eigenvalue weighted by Gasteiger charge is -2.63. The van der Waals surface area contributed by atoms with Gasteiger partial charge in [0.25, 0.3) is 0 Å². The van der Waals surface area contributed by atoms with Crippen LogP contribution in [0.15, 0.2) is 23.8 Å². The molecule has 2 bridgehead atoms. The van der Waals surface area contributed by atoms with Crippen LogP contribution in [0.5, 0.6) is 0 Å². The zero-order valence-electron chi connectivity index (χ0n) is 20.8. The van der Waals surface area contributed by atoms with Gasteiger partial charge in [0.2, 0.25) is 0 Å². The largest absolute Gasteiger partial charge is 0.390 e. The van der Waals surface area contributed by atoms with E-state index in [1.54, 1.807) is 6.92 Å². The van der Waals surface area contributed by atoms with Crippen molar-refractivity contribution < 1.29 is 33.1 Å². The highest BCUT2D eigenvalue weighted by atomic mass is 19.1. The molecule has 3 saturated carbocycles. The van der Waals surface area contributed by atoms with Crippen molar-refractivity contribution >= 4 is 11.6 Å². The van der Waals surface area contributed by atoms with Crippen LogP contribution in [0.1, 0.15) is 53.4 Å². The second-order valence-corrected chi connectivity index (χ2v) is 12.1. The van der Waals surface area contributed by atoms with Crippen LogP contribution in [0, 0.1) is 28.6 Å². The predicted molar refractivity (Wildman–Crippen MR) is 123 cm³/mol. The number of hydrogen-bond donors (Lipinski definition) is 1. The summed E-state index contributed by atoms with van der Waals surface area (Å²) >= 11 is 0. The maximum Gasteiger partial charge on any atom is 0.193 e. The normalized spacial score (nSPS) is 56.9. The van der Waals surface area contributed by atoms with Gasteiger partial charge in [0.1, 0.15) is 12.8 Å². The van der Waals surface area contributed by atoms with E-state index in [1.807, 2.05) is 18.9 Å². The molecule has 0 radical (unpaired) electrons. The molecule has 8 heteroatoms. The van der Waals surface area contributed by atoms with Crippen molar-refractivity contribution in [3.63, 3.8) is 0 Å². The first kappa shape index (κ1) is 23.9. The number of carbonyl (C=O) groups excluding carboxylic acids is 2. The molecule has 2 saturated heterocycles. The van der Waals surface area contributed by atoms with E-state index in [9.17, 15) is 14.7 Å². The molecule has 0 aromatic rings. The molecule has 6 aliphatic rings. The Morgan fingerprint density at radius 3 is 2.69 bits per heavy atom. The number of nitrogens with zero attached hydrogens (tertiary/aromatic N) is 1. The number of rotatable bonds is 1. The van der Waals surface area contributed by atoms with Gasteiger partial charge < -0.3 is 9.84 Å². The van der Waals surface area contributed by atoms with Crippen molar-refractivity contribution in [2.45, 2.75) is 89.1 Å². The third-order valence-electron chi connectivity index (χ3n) is 10.9. The van der Waals surface area contributed by atoms with E-state index in [0.717, 1.165) is 6.42 Å². The van der Waals surface area contributed by atoms with Crippen molar-refractivity contribution in [1.29, 1.82) is 0 Å². The van der Waals surface area contributed by atoms with Crippen LogP contribution in [0.2, 0.25) is 0 Å². The van der Waals surface area contributed by atoms with E-state index in [4.69, 9.17) is 9.57 Å². The van der Waals surface area contributed by atoms with Gasteiger partial charge in [-0.1, -0.05) is 19.9 Å². The number of hydroxylamine groups is 2. The van der Waals surface area contributed by atoms with Crippen molar-refractivity contribution in [1.82, 2.24) is 5.06 Å². The molecule has 35 heavy (non-hydrogen) atoms. The lowest BCUT2D eigenvalue weighted by Crippen LogP contribution is -2.71. The topological polar surface area (TPSA) is 76.1 Å². The first-order valence-electron chi connectivity index (χ1n) is 13.0. The Hall–Kier alpha value is -1.48. The van der Waals surface area contributed by atoms with Gasteiger partial charge in [-0.2, -0.15) is 5.06 Å². The molecule has 4 aliphatic carbocycles. The molecule has 192 valence electrons. The lowest BCUT2D eigenvalue weighted by molar-refractivity contribution is -0.289. The summed E-state index contributed by atoms with van der Waals surface area (Å²) in [6.07, 6.45) is 2.04. The van der Waals surface area contributed by atoms with Crippen molar-refractivity contribution in [3.8, 4) is 0 Å². The number of ether oxygens (including phenoxy) is 1. The number of allylic oxidation sites excluding steroid dienone is 4. The summed E-state index contributed by atoms with van der Waals surface area (Å²) in [5.41, 5.74) is -5.57. The summed E-state index contributed by atoms with van der Waals surface area (Å²) in [4.78, 5) is 32.4. The maximum atomic E-state index is 17.4. The highest BCUT2D eigenvalue weighted by molar-refractivity contribution is 6.01. The number of halogens is 2. The molecule has 1 N–H and O–H groups in total. The number of aliphatic hydroxyl groups is 1. The number of ketones is 2. The smallest absolute Gasteiger partial charge is 0.193 e. The Kier molecular flexibility index (Phi) is 4.98. The van der Waals surface area contributed by atoms with Crippen molar-refractivity contribution in [2.75, 3.05) is 13.2 Å². The second kappa shape index (κ2) is 7.30. The molecule has 2 aliphatic heterocycles. The van der Waals surface area contributed by atoms with E-state index in [0.29, 0.717) is 13.0 Å². The molecule has 6 nitrogen and oxygen atoms in total. The van der Waals surface area contributed by atoms with E-state index < -0.39 is 40.3 Å². The molecule has 6 rings (SSSR count). The van der Waals surface area contributed by atoms with Crippen LogP contribution in [0.25, 0.3) is 0 Å². The Bertz CT molecular complexity index is 1050. The quantitative estimate of drug-likeness (QED) is 0.607. The molecule has 0 amide bonds. The molecule has 5 fully saturated rings.